The van der Waals surface area contributed by atoms with E-state index in [2.05, 4.69) is 9.82 Å². The quantitative estimate of drug-likeness (QED) is 0.592. The summed E-state index contributed by atoms with van der Waals surface area (Å²) in [6, 6.07) is 6.33. The molecule has 10 heteroatoms. The van der Waals surface area contributed by atoms with E-state index in [1.807, 2.05) is 0 Å². The van der Waals surface area contributed by atoms with Crippen molar-refractivity contribution in [2.45, 2.75) is 30.7 Å². The van der Waals surface area contributed by atoms with Crippen LogP contribution in [0.1, 0.15) is 17.7 Å². The molecule has 0 spiro atoms. The van der Waals surface area contributed by atoms with Crippen molar-refractivity contribution in [3.05, 3.63) is 62.1 Å². The summed E-state index contributed by atoms with van der Waals surface area (Å²) < 4.78 is 28.0. The van der Waals surface area contributed by atoms with Crippen LogP contribution in [0, 0.1) is 10.1 Å². The van der Waals surface area contributed by atoms with E-state index in [1.54, 1.807) is 6.07 Å². The Hall–Kier alpha value is -2.59. The van der Waals surface area contributed by atoms with Gasteiger partial charge in [0.05, 0.1) is 22.1 Å². The van der Waals surface area contributed by atoms with Crippen LogP contribution in [0.5, 0.6) is 0 Å². The van der Waals surface area contributed by atoms with Crippen molar-refractivity contribution in [2.24, 2.45) is 0 Å². The van der Waals surface area contributed by atoms with E-state index in [4.69, 9.17) is 0 Å². The van der Waals surface area contributed by atoms with Crippen LogP contribution in [-0.2, 0) is 29.4 Å². The lowest BCUT2D eigenvalue weighted by Gasteiger charge is -2.09. The molecule has 0 bridgehead atoms. The van der Waals surface area contributed by atoms with Crippen LogP contribution < -0.4 is 10.3 Å². The Kier molecular flexibility index (Phi) is 4.64. The Morgan fingerprint density at radius 2 is 2.08 bits per heavy atom. The predicted octanol–water partition coefficient (Wildman–Crippen LogP) is 0.619. The second kappa shape index (κ2) is 6.73. The van der Waals surface area contributed by atoms with Gasteiger partial charge in [-0.25, -0.2) is 17.8 Å². The van der Waals surface area contributed by atoms with Gasteiger partial charge in [-0.05, 0) is 30.9 Å². The number of hydrogen-bond acceptors (Lipinski definition) is 6. The number of nitro benzene ring substituents is 1. The molecule has 1 aliphatic rings. The van der Waals surface area contributed by atoms with Crippen LogP contribution in [0.2, 0.25) is 0 Å². The SMILES string of the molecule is O=c1cc2c(nn1CCNS(=O)(=O)c1cccc([N+](=O)[O-])c1)CCC2. The van der Waals surface area contributed by atoms with Crippen molar-refractivity contribution < 1.29 is 13.3 Å². The molecule has 0 saturated carbocycles. The number of nitro groups is 1. The number of fused-ring (bicyclic) bond motifs is 1. The van der Waals surface area contributed by atoms with Crippen LogP contribution in [0.25, 0.3) is 0 Å². The van der Waals surface area contributed by atoms with Gasteiger partial charge in [-0.1, -0.05) is 6.07 Å². The van der Waals surface area contributed by atoms with Crippen molar-refractivity contribution in [3.8, 4) is 0 Å². The minimum absolute atomic E-state index is 0.0449. The first-order valence-corrected chi connectivity index (χ1v) is 9.19. The van der Waals surface area contributed by atoms with E-state index in [9.17, 15) is 23.3 Å². The summed E-state index contributed by atoms with van der Waals surface area (Å²) in [7, 11) is -3.91. The lowest BCUT2D eigenvalue weighted by atomic mass is 10.2. The second-order valence-electron chi connectivity index (χ2n) is 5.68. The van der Waals surface area contributed by atoms with Gasteiger partial charge in [-0.15, -0.1) is 0 Å². The third kappa shape index (κ3) is 3.74. The molecule has 0 aliphatic heterocycles. The average molecular weight is 364 g/mol. The Morgan fingerprint density at radius 1 is 1.28 bits per heavy atom. The molecule has 1 heterocycles. The normalized spacial score (nSPS) is 13.6. The largest absolute Gasteiger partial charge is 0.270 e. The summed E-state index contributed by atoms with van der Waals surface area (Å²) in [5, 5.41) is 15.0. The van der Waals surface area contributed by atoms with E-state index >= 15 is 0 Å². The maximum Gasteiger partial charge on any atom is 0.270 e. The number of nitrogens with one attached hydrogen (secondary N) is 1. The highest BCUT2D eigenvalue weighted by Gasteiger charge is 2.18. The molecular weight excluding hydrogens is 348 g/mol. The standard InChI is InChI=1S/C15H16N4O5S/c20-15-9-11-3-1-6-14(11)17-18(15)8-7-16-25(23,24)13-5-2-4-12(10-13)19(21)22/h2,4-5,9-10,16H,1,3,6-8H2. The molecule has 1 N–H and O–H groups in total. The summed E-state index contributed by atoms with van der Waals surface area (Å²) >= 11 is 0. The summed E-state index contributed by atoms with van der Waals surface area (Å²) in [5.41, 5.74) is 1.26. The number of rotatable bonds is 6. The number of aryl methyl sites for hydroxylation is 2. The molecule has 0 amide bonds. The van der Waals surface area contributed by atoms with Gasteiger partial charge in [0.2, 0.25) is 10.0 Å². The minimum atomic E-state index is -3.91. The summed E-state index contributed by atoms with van der Waals surface area (Å²) in [6.45, 7) is 0.0387. The van der Waals surface area contributed by atoms with Gasteiger partial charge in [0, 0.05) is 24.7 Å². The third-order valence-electron chi connectivity index (χ3n) is 3.98. The Labute approximate surface area is 143 Å². The molecule has 1 aliphatic carbocycles. The first kappa shape index (κ1) is 17.2. The number of hydrogen-bond donors (Lipinski definition) is 1. The zero-order valence-electron chi connectivity index (χ0n) is 13.2. The highest BCUT2D eigenvalue weighted by atomic mass is 32.2. The number of nitrogens with zero attached hydrogens (tertiary/aromatic N) is 3. The van der Waals surface area contributed by atoms with E-state index < -0.39 is 14.9 Å². The van der Waals surface area contributed by atoms with Crippen LogP contribution >= 0.6 is 0 Å². The first-order chi connectivity index (χ1) is 11.9. The molecule has 25 heavy (non-hydrogen) atoms. The van der Waals surface area contributed by atoms with Gasteiger partial charge in [0.1, 0.15) is 0 Å². The van der Waals surface area contributed by atoms with Crippen LogP contribution in [0.15, 0.2) is 40.0 Å². The lowest BCUT2D eigenvalue weighted by Crippen LogP contribution is -2.32. The van der Waals surface area contributed by atoms with Crippen LogP contribution in [0.4, 0.5) is 5.69 Å². The topological polar surface area (TPSA) is 124 Å². The van der Waals surface area contributed by atoms with Crippen molar-refractivity contribution in [1.82, 2.24) is 14.5 Å². The van der Waals surface area contributed by atoms with Gasteiger partial charge in [-0.2, -0.15) is 5.10 Å². The molecule has 0 unspecified atom stereocenters. The zero-order chi connectivity index (χ0) is 18.0. The fraction of sp³-hybridized carbons (Fsp3) is 0.333. The molecule has 0 radical (unpaired) electrons. The molecule has 132 valence electrons. The lowest BCUT2D eigenvalue weighted by molar-refractivity contribution is -0.385. The summed E-state index contributed by atoms with van der Waals surface area (Å²) in [6.07, 6.45) is 2.62. The van der Waals surface area contributed by atoms with Gasteiger partial charge >= 0.3 is 0 Å². The first-order valence-electron chi connectivity index (χ1n) is 7.71. The molecule has 1 aromatic heterocycles. The van der Waals surface area contributed by atoms with E-state index in [0.717, 1.165) is 36.6 Å². The van der Waals surface area contributed by atoms with E-state index in [1.165, 1.54) is 22.9 Å². The van der Waals surface area contributed by atoms with Gasteiger partial charge in [0.25, 0.3) is 11.2 Å². The molecule has 0 atom stereocenters. The number of aromatic nitrogens is 2. The molecule has 0 fully saturated rings. The fourth-order valence-corrected chi connectivity index (χ4v) is 3.79. The van der Waals surface area contributed by atoms with Crippen molar-refractivity contribution >= 4 is 15.7 Å². The fourth-order valence-electron chi connectivity index (χ4n) is 2.73. The monoisotopic (exact) mass is 364 g/mol. The number of benzene rings is 1. The van der Waals surface area contributed by atoms with E-state index in [-0.39, 0.29) is 29.2 Å². The Balaban J connectivity index is 1.70. The average Bonchev–Trinajstić information content (AvgIpc) is 3.02. The maximum absolute atomic E-state index is 12.2. The Bertz CT molecular complexity index is 984. The third-order valence-corrected chi connectivity index (χ3v) is 5.44. The summed E-state index contributed by atoms with van der Waals surface area (Å²) in [4.78, 5) is 21.9. The van der Waals surface area contributed by atoms with Crippen molar-refractivity contribution in [1.29, 1.82) is 0 Å². The molecule has 0 saturated heterocycles. The molecule has 3 rings (SSSR count). The molecule has 9 nitrogen and oxygen atoms in total. The minimum Gasteiger partial charge on any atom is -0.268 e. The smallest absolute Gasteiger partial charge is 0.268 e. The van der Waals surface area contributed by atoms with Crippen LogP contribution in [-0.4, -0.2) is 29.7 Å². The van der Waals surface area contributed by atoms with Gasteiger partial charge in [-0.3, -0.25) is 14.9 Å². The van der Waals surface area contributed by atoms with Crippen molar-refractivity contribution in [3.63, 3.8) is 0 Å². The zero-order valence-corrected chi connectivity index (χ0v) is 14.0. The second-order valence-corrected chi connectivity index (χ2v) is 7.45. The Morgan fingerprint density at radius 3 is 2.84 bits per heavy atom. The van der Waals surface area contributed by atoms with Gasteiger partial charge in [0.15, 0.2) is 0 Å². The highest BCUT2D eigenvalue weighted by molar-refractivity contribution is 7.89. The van der Waals surface area contributed by atoms with Gasteiger partial charge < -0.3 is 0 Å². The molecular formula is C15H16N4O5S. The number of sulfonamides is 1. The van der Waals surface area contributed by atoms with Crippen molar-refractivity contribution in [2.75, 3.05) is 6.54 Å². The highest BCUT2D eigenvalue weighted by Crippen LogP contribution is 2.18. The molecule has 1 aromatic carbocycles. The van der Waals surface area contributed by atoms with E-state index in [0.29, 0.717) is 0 Å². The maximum atomic E-state index is 12.2. The van der Waals surface area contributed by atoms with Crippen LogP contribution in [0.3, 0.4) is 0 Å². The predicted molar refractivity (Wildman–Crippen MR) is 88.8 cm³/mol. The summed E-state index contributed by atoms with van der Waals surface area (Å²) in [5.74, 6) is 0. The number of non-ortho nitro benzene ring substituents is 1. The molecule has 2 aromatic rings.